The maximum atomic E-state index is 12.5. The van der Waals surface area contributed by atoms with Gasteiger partial charge in [0, 0.05) is 19.5 Å². The van der Waals surface area contributed by atoms with Gasteiger partial charge in [0.15, 0.2) is 0 Å². The number of nitrogens with zero attached hydrogens (tertiary/aromatic N) is 1. The van der Waals surface area contributed by atoms with Crippen LogP contribution in [0.1, 0.15) is 23.5 Å². The molecule has 1 N–H and O–H groups in total. The number of ether oxygens (including phenoxy) is 5. The molecule has 2 aromatic rings. The number of carboxylic acids is 1. The predicted molar refractivity (Wildman–Crippen MR) is 133 cm³/mol. The molecule has 0 radical (unpaired) electrons. The monoisotopic (exact) mass is 501 g/mol. The fraction of sp³-hybridized carbons (Fsp3) is 0.481. The van der Waals surface area contributed by atoms with E-state index in [1.165, 1.54) is 27.2 Å². The van der Waals surface area contributed by atoms with Crippen LogP contribution in [0.5, 0.6) is 0 Å². The largest absolute Gasteiger partial charge is 0.481 e. The Morgan fingerprint density at radius 1 is 0.750 bits per heavy atom. The lowest BCUT2D eigenvalue weighted by Crippen LogP contribution is -2.32. The van der Waals surface area contributed by atoms with Crippen molar-refractivity contribution in [3.63, 3.8) is 0 Å². The minimum Gasteiger partial charge on any atom is -0.481 e. The molecule has 0 bridgehead atoms. The van der Waals surface area contributed by atoms with Crippen molar-refractivity contribution in [3.05, 3.63) is 59.7 Å². The van der Waals surface area contributed by atoms with Crippen LogP contribution in [0.4, 0.5) is 4.79 Å². The second-order valence-corrected chi connectivity index (χ2v) is 8.32. The van der Waals surface area contributed by atoms with Crippen molar-refractivity contribution in [1.29, 1.82) is 0 Å². The highest BCUT2D eigenvalue weighted by molar-refractivity contribution is 5.79. The molecule has 196 valence electrons. The van der Waals surface area contributed by atoms with Gasteiger partial charge < -0.3 is 33.7 Å². The van der Waals surface area contributed by atoms with E-state index >= 15 is 0 Å². The molecule has 9 heteroatoms. The Hall–Kier alpha value is -2.98. The molecule has 2 aromatic carbocycles. The minimum atomic E-state index is -0.879. The lowest BCUT2D eigenvalue weighted by atomic mass is 9.98. The standard InChI is InChI=1S/C27H35NO8/c1-28(11-13-33-15-17-35-19-18-34-16-14-32-12-10-26(29)30)27(31)36-20-25-23-8-4-2-6-21(23)22-7-3-5-9-24(22)25/h2-9,25H,10-20H2,1H3,(H,29,30). The first-order valence-corrected chi connectivity index (χ1v) is 12.2. The Morgan fingerprint density at radius 3 is 1.75 bits per heavy atom. The van der Waals surface area contributed by atoms with Crippen molar-refractivity contribution in [3.8, 4) is 11.1 Å². The molecule has 1 amide bonds. The SMILES string of the molecule is CN(CCOCCOCCOCCOCCC(=O)O)C(=O)OCC1c2ccccc2-c2ccccc21. The molecule has 0 atom stereocenters. The summed E-state index contributed by atoms with van der Waals surface area (Å²) in [5.74, 6) is -0.841. The molecule has 1 aliphatic rings. The number of hydrogen-bond acceptors (Lipinski definition) is 7. The summed E-state index contributed by atoms with van der Waals surface area (Å²) in [6.45, 7) is 3.71. The fourth-order valence-corrected chi connectivity index (χ4v) is 3.92. The molecule has 0 spiro atoms. The summed E-state index contributed by atoms with van der Waals surface area (Å²) in [5.41, 5.74) is 4.78. The average Bonchev–Trinajstić information content (AvgIpc) is 3.20. The summed E-state index contributed by atoms with van der Waals surface area (Å²) in [6.07, 6.45) is -0.384. The first-order chi connectivity index (χ1) is 17.6. The van der Waals surface area contributed by atoms with Crippen LogP contribution in [0.25, 0.3) is 11.1 Å². The van der Waals surface area contributed by atoms with Crippen LogP contribution in [-0.4, -0.2) is 95.1 Å². The lowest BCUT2D eigenvalue weighted by molar-refractivity contribution is -0.138. The van der Waals surface area contributed by atoms with E-state index in [0.29, 0.717) is 59.4 Å². The number of benzene rings is 2. The summed E-state index contributed by atoms with van der Waals surface area (Å²) in [7, 11) is 1.70. The Balaban J connectivity index is 1.21. The van der Waals surface area contributed by atoms with Crippen LogP contribution < -0.4 is 0 Å². The second kappa shape index (κ2) is 15.2. The van der Waals surface area contributed by atoms with E-state index in [1.54, 1.807) is 7.05 Å². The maximum absolute atomic E-state index is 12.5. The zero-order valence-corrected chi connectivity index (χ0v) is 20.7. The van der Waals surface area contributed by atoms with Crippen molar-refractivity contribution in [2.45, 2.75) is 12.3 Å². The van der Waals surface area contributed by atoms with Crippen LogP contribution >= 0.6 is 0 Å². The average molecular weight is 502 g/mol. The van der Waals surface area contributed by atoms with Gasteiger partial charge in [0.2, 0.25) is 0 Å². The number of carboxylic acid groups (broad SMARTS) is 1. The van der Waals surface area contributed by atoms with E-state index in [0.717, 1.165) is 0 Å². The molecule has 0 saturated carbocycles. The third-order valence-electron chi connectivity index (χ3n) is 5.80. The molecule has 0 aromatic heterocycles. The van der Waals surface area contributed by atoms with Crippen molar-refractivity contribution in [2.24, 2.45) is 0 Å². The fourth-order valence-electron chi connectivity index (χ4n) is 3.92. The van der Waals surface area contributed by atoms with Gasteiger partial charge in [-0.3, -0.25) is 4.79 Å². The van der Waals surface area contributed by atoms with Crippen LogP contribution in [-0.2, 0) is 28.5 Å². The molecule has 36 heavy (non-hydrogen) atoms. The summed E-state index contributed by atoms with van der Waals surface area (Å²) in [4.78, 5) is 24.3. The molecule has 0 heterocycles. The van der Waals surface area contributed by atoms with E-state index < -0.39 is 5.97 Å². The highest BCUT2D eigenvalue weighted by Crippen LogP contribution is 2.44. The molecule has 9 nitrogen and oxygen atoms in total. The number of carbonyl (C=O) groups excluding carboxylic acids is 1. The maximum Gasteiger partial charge on any atom is 0.409 e. The van der Waals surface area contributed by atoms with E-state index in [9.17, 15) is 9.59 Å². The number of fused-ring (bicyclic) bond motifs is 3. The smallest absolute Gasteiger partial charge is 0.409 e. The number of amides is 1. The quantitative estimate of drug-likeness (QED) is 0.329. The topological polar surface area (TPSA) is 104 Å². The zero-order valence-electron chi connectivity index (χ0n) is 20.7. The van der Waals surface area contributed by atoms with Gasteiger partial charge in [-0.05, 0) is 22.3 Å². The second-order valence-electron chi connectivity index (χ2n) is 8.32. The molecule has 0 saturated heterocycles. The van der Waals surface area contributed by atoms with Crippen molar-refractivity contribution >= 4 is 12.1 Å². The van der Waals surface area contributed by atoms with Gasteiger partial charge >= 0.3 is 12.1 Å². The molecular formula is C27H35NO8. The Kier molecular flexibility index (Phi) is 11.7. The van der Waals surface area contributed by atoms with Crippen LogP contribution in [0.2, 0.25) is 0 Å². The molecule has 0 aliphatic heterocycles. The normalized spacial score (nSPS) is 12.2. The molecule has 1 aliphatic carbocycles. The van der Waals surface area contributed by atoms with Gasteiger partial charge in [-0.15, -0.1) is 0 Å². The van der Waals surface area contributed by atoms with Gasteiger partial charge in [0.05, 0.1) is 59.3 Å². The Labute approximate surface area is 211 Å². The van der Waals surface area contributed by atoms with E-state index in [1.807, 2.05) is 24.3 Å². The first kappa shape index (κ1) is 27.6. The lowest BCUT2D eigenvalue weighted by Gasteiger charge is -2.19. The summed E-state index contributed by atoms with van der Waals surface area (Å²) < 4.78 is 27.0. The van der Waals surface area contributed by atoms with E-state index in [4.69, 9.17) is 28.8 Å². The van der Waals surface area contributed by atoms with Gasteiger partial charge in [-0.2, -0.15) is 0 Å². The first-order valence-electron chi connectivity index (χ1n) is 12.2. The molecule has 0 fully saturated rings. The number of likely N-dealkylation sites (N-methyl/N-ethyl adjacent to an activating group) is 1. The third-order valence-corrected chi connectivity index (χ3v) is 5.80. The van der Waals surface area contributed by atoms with Crippen LogP contribution in [0, 0.1) is 0 Å². The summed E-state index contributed by atoms with van der Waals surface area (Å²) >= 11 is 0. The Bertz CT molecular complexity index is 921. The van der Waals surface area contributed by atoms with Crippen molar-refractivity contribution in [1.82, 2.24) is 4.90 Å². The number of hydrogen-bond donors (Lipinski definition) is 1. The van der Waals surface area contributed by atoms with Crippen molar-refractivity contribution < 1.29 is 38.4 Å². The predicted octanol–water partition coefficient (Wildman–Crippen LogP) is 3.41. The van der Waals surface area contributed by atoms with E-state index in [2.05, 4.69) is 24.3 Å². The van der Waals surface area contributed by atoms with Gasteiger partial charge in [-0.25, -0.2) is 4.79 Å². The number of carbonyl (C=O) groups is 2. The molecular weight excluding hydrogens is 466 g/mol. The zero-order chi connectivity index (χ0) is 25.6. The highest BCUT2D eigenvalue weighted by Gasteiger charge is 2.29. The molecule has 0 unspecified atom stereocenters. The van der Waals surface area contributed by atoms with Crippen LogP contribution in [0.3, 0.4) is 0 Å². The highest BCUT2D eigenvalue weighted by atomic mass is 16.6. The number of aliphatic carboxylic acids is 1. The van der Waals surface area contributed by atoms with E-state index in [-0.39, 0.29) is 25.0 Å². The third kappa shape index (κ3) is 8.60. The van der Waals surface area contributed by atoms with Gasteiger partial charge in [-0.1, -0.05) is 48.5 Å². The summed E-state index contributed by atoms with van der Waals surface area (Å²) in [6, 6.07) is 16.5. The minimum absolute atomic E-state index is 0.00933. The van der Waals surface area contributed by atoms with Crippen molar-refractivity contribution in [2.75, 3.05) is 73.1 Å². The van der Waals surface area contributed by atoms with Gasteiger partial charge in [0.1, 0.15) is 6.61 Å². The summed E-state index contributed by atoms with van der Waals surface area (Å²) in [5, 5.41) is 8.49. The number of rotatable bonds is 17. The van der Waals surface area contributed by atoms with Gasteiger partial charge in [0.25, 0.3) is 0 Å². The Morgan fingerprint density at radius 2 is 1.22 bits per heavy atom. The molecule has 3 rings (SSSR count). The van der Waals surface area contributed by atoms with Crippen LogP contribution in [0.15, 0.2) is 48.5 Å².